The van der Waals surface area contributed by atoms with Crippen LogP contribution in [0.25, 0.3) is 0 Å². The molecule has 1 unspecified atom stereocenters. The summed E-state index contributed by atoms with van der Waals surface area (Å²) in [5.74, 6) is 0.163. The smallest absolute Gasteiger partial charge is 0.311 e. The van der Waals surface area contributed by atoms with Crippen molar-refractivity contribution in [2.75, 3.05) is 6.61 Å². The van der Waals surface area contributed by atoms with E-state index in [9.17, 15) is 4.79 Å². The first-order valence-corrected chi connectivity index (χ1v) is 6.18. The number of epoxide rings is 1. The lowest BCUT2D eigenvalue weighted by molar-refractivity contribution is -0.134. The standard InChI is InChI=1S/C12H12Cl2O3/c13-10-5-4-8(6-11(10)14)17-12(15)3-1-2-9-7-16-9/h4-6,9H,1-3,7H2. The number of benzene rings is 1. The average molecular weight is 275 g/mol. The third-order valence-electron chi connectivity index (χ3n) is 2.43. The van der Waals surface area contributed by atoms with Crippen LogP contribution in [0.2, 0.25) is 10.0 Å². The summed E-state index contributed by atoms with van der Waals surface area (Å²) in [7, 11) is 0. The van der Waals surface area contributed by atoms with Crippen LogP contribution in [-0.2, 0) is 9.53 Å². The van der Waals surface area contributed by atoms with Gasteiger partial charge in [-0.1, -0.05) is 23.2 Å². The molecule has 3 nitrogen and oxygen atoms in total. The summed E-state index contributed by atoms with van der Waals surface area (Å²) in [6, 6.07) is 4.76. The lowest BCUT2D eigenvalue weighted by Gasteiger charge is -2.04. The molecule has 0 amide bonds. The molecule has 1 atom stereocenters. The summed E-state index contributed by atoms with van der Waals surface area (Å²) in [6.07, 6.45) is 2.44. The minimum atomic E-state index is -0.260. The molecular weight excluding hydrogens is 263 g/mol. The Balaban J connectivity index is 1.77. The molecule has 5 heteroatoms. The van der Waals surface area contributed by atoms with Gasteiger partial charge < -0.3 is 9.47 Å². The van der Waals surface area contributed by atoms with Gasteiger partial charge in [-0.25, -0.2) is 0 Å². The molecule has 0 radical (unpaired) electrons. The van der Waals surface area contributed by atoms with E-state index in [1.165, 1.54) is 6.07 Å². The Morgan fingerprint density at radius 1 is 1.41 bits per heavy atom. The molecule has 17 heavy (non-hydrogen) atoms. The Bertz CT molecular complexity index is 416. The van der Waals surface area contributed by atoms with Crippen LogP contribution in [0.15, 0.2) is 18.2 Å². The van der Waals surface area contributed by atoms with Gasteiger partial charge in [0.15, 0.2) is 0 Å². The molecule has 92 valence electrons. The SMILES string of the molecule is O=C(CCCC1CO1)Oc1ccc(Cl)c(Cl)c1. The third-order valence-corrected chi connectivity index (χ3v) is 3.17. The molecule has 1 aromatic rings. The van der Waals surface area contributed by atoms with Gasteiger partial charge in [0.05, 0.1) is 22.8 Å². The van der Waals surface area contributed by atoms with Gasteiger partial charge in [-0.3, -0.25) is 4.79 Å². The van der Waals surface area contributed by atoms with Gasteiger partial charge >= 0.3 is 5.97 Å². The topological polar surface area (TPSA) is 38.8 Å². The van der Waals surface area contributed by atoms with Crippen molar-refractivity contribution >= 4 is 29.2 Å². The number of esters is 1. The molecule has 2 rings (SSSR count). The van der Waals surface area contributed by atoms with E-state index in [1.807, 2.05) is 0 Å². The number of rotatable bonds is 5. The molecule has 1 saturated heterocycles. The molecule has 0 bridgehead atoms. The second-order valence-corrected chi connectivity index (χ2v) is 4.71. The normalized spacial score (nSPS) is 17.9. The first-order valence-electron chi connectivity index (χ1n) is 5.42. The summed E-state index contributed by atoms with van der Waals surface area (Å²) < 4.78 is 10.2. The molecule has 1 heterocycles. The predicted octanol–water partition coefficient (Wildman–Crippen LogP) is 3.47. The van der Waals surface area contributed by atoms with Gasteiger partial charge in [-0.15, -0.1) is 0 Å². The Morgan fingerprint density at radius 3 is 2.82 bits per heavy atom. The molecule has 0 aliphatic carbocycles. The molecule has 0 saturated carbocycles. The van der Waals surface area contributed by atoms with E-state index < -0.39 is 0 Å². The maximum absolute atomic E-state index is 11.5. The first kappa shape index (κ1) is 12.7. The van der Waals surface area contributed by atoms with Gasteiger partial charge in [0, 0.05) is 12.5 Å². The zero-order valence-corrected chi connectivity index (χ0v) is 10.6. The van der Waals surface area contributed by atoms with Gasteiger partial charge in [0.1, 0.15) is 5.75 Å². The first-order chi connectivity index (χ1) is 8.15. The highest BCUT2D eigenvalue weighted by atomic mass is 35.5. The molecule has 1 aromatic carbocycles. The number of hydrogen-bond donors (Lipinski definition) is 0. The van der Waals surface area contributed by atoms with Crippen molar-refractivity contribution in [3.8, 4) is 5.75 Å². The van der Waals surface area contributed by atoms with Crippen LogP contribution in [0.3, 0.4) is 0 Å². The monoisotopic (exact) mass is 274 g/mol. The van der Waals surface area contributed by atoms with E-state index in [-0.39, 0.29) is 5.97 Å². The zero-order chi connectivity index (χ0) is 12.3. The summed E-state index contributed by atoms with van der Waals surface area (Å²) in [5.41, 5.74) is 0. The quantitative estimate of drug-likeness (QED) is 0.469. The van der Waals surface area contributed by atoms with Crippen LogP contribution < -0.4 is 4.74 Å². The fourth-order valence-electron chi connectivity index (χ4n) is 1.43. The van der Waals surface area contributed by atoms with E-state index in [0.29, 0.717) is 28.3 Å². The highest BCUT2D eigenvalue weighted by Crippen LogP contribution is 2.26. The summed E-state index contributed by atoms with van der Waals surface area (Å²) in [6.45, 7) is 0.821. The number of hydrogen-bond acceptors (Lipinski definition) is 3. The maximum atomic E-state index is 11.5. The van der Waals surface area contributed by atoms with Crippen LogP contribution in [0.5, 0.6) is 5.75 Å². The van der Waals surface area contributed by atoms with Crippen molar-refractivity contribution in [3.63, 3.8) is 0 Å². The second kappa shape index (κ2) is 5.71. The van der Waals surface area contributed by atoms with E-state index in [0.717, 1.165) is 19.4 Å². The van der Waals surface area contributed by atoms with Gasteiger partial charge in [-0.2, -0.15) is 0 Å². The molecular formula is C12H12Cl2O3. The molecule has 0 N–H and O–H groups in total. The van der Waals surface area contributed by atoms with Crippen LogP contribution in [-0.4, -0.2) is 18.7 Å². The second-order valence-electron chi connectivity index (χ2n) is 3.90. The average Bonchev–Trinajstić information content (AvgIpc) is 3.07. The highest BCUT2D eigenvalue weighted by molar-refractivity contribution is 6.42. The summed E-state index contributed by atoms with van der Waals surface area (Å²) >= 11 is 11.6. The van der Waals surface area contributed by atoms with E-state index >= 15 is 0 Å². The fourth-order valence-corrected chi connectivity index (χ4v) is 1.72. The van der Waals surface area contributed by atoms with Crippen LogP contribution in [0.1, 0.15) is 19.3 Å². The van der Waals surface area contributed by atoms with Gasteiger partial charge in [0.2, 0.25) is 0 Å². The summed E-state index contributed by atoms with van der Waals surface area (Å²) in [4.78, 5) is 11.5. The van der Waals surface area contributed by atoms with E-state index in [2.05, 4.69) is 0 Å². The Labute approximate surface area is 110 Å². The predicted molar refractivity (Wildman–Crippen MR) is 65.7 cm³/mol. The van der Waals surface area contributed by atoms with E-state index in [1.54, 1.807) is 12.1 Å². The number of ether oxygens (including phenoxy) is 2. The Morgan fingerprint density at radius 2 is 2.18 bits per heavy atom. The molecule has 1 aliphatic heterocycles. The largest absolute Gasteiger partial charge is 0.426 e. The van der Waals surface area contributed by atoms with Gasteiger partial charge in [0.25, 0.3) is 0 Å². The summed E-state index contributed by atoms with van der Waals surface area (Å²) in [5, 5.41) is 0.820. The highest BCUT2D eigenvalue weighted by Gasteiger charge is 2.21. The minimum Gasteiger partial charge on any atom is -0.426 e. The van der Waals surface area contributed by atoms with Crippen molar-refractivity contribution in [1.29, 1.82) is 0 Å². The van der Waals surface area contributed by atoms with Crippen molar-refractivity contribution in [3.05, 3.63) is 28.2 Å². The zero-order valence-electron chi connectivity index (χ0n) is 9.12. The maximum Gasteiger partial charge on any atom is 0.311 e. The Hall–Kier alpha value is -0.770. The number of carbonyl (C=O) groups is 1. The van der Waals surface area contributed by atoms with E-state index in [4.69, 9.17) is 32.7 Å². The molecule has 0 aromatic heterocycles. The lowest BCUT2D eigenvalue weighted by atomic mass is 10.2. The van der Waals surface area contributed by atoms with Crippen molar-refractivity contribution in [2.24, 2.45) is 0 Å². The molecule has 1 fully saturated rings. The number of carbonyl (C=O) groups excluding carboxylic acids is 1. The number of halogens is 2. The molecule has 0 spiro atoms. The fraction of sp³-hybridized carbons (Fsp3) is 0.417. The molecule has 1 aliphatic rings. The van der Waals surface area contributed by atoms with Crippen LogP contribution in [0, 0.1) is 0 Å². The lowest BCUT2D eigenvalue weighted by Crippen LogP contribution is -2.07. The van der Waals surface area contributed by atoms with Crippen molar-refractivity contribution in [2.45, 2.75) is 25.4 Å². The van der Waals surface area contributed by atoms with Crippen molar-refractivity contribution < 1.29 is 14.3 Å². The minimum absolute atomic E-state index is 0.260. The van der Waals surface area contributed by atoms with Crippen molar-refractivity contribution in [1.82, 2.24) is 0 Å². The van der Waals surface area contributed by atoms with Crippen LogP contribution >= 0.6 is 23.2 Å². The van der Waals surface area contributed by atoms with Crippen LogP contribution in [0.4, 0.5) is 0 Å². The third kappa shape index (κ3) is 4.19. The van der Waals surface area contributed by atoms with Gasteiger partial charge in [-0.05, 0) is 25.0 Å². The Kier molecular flexibility index (Phi) is 4.26.